The number of benzene rings is 3. The van der Waals surface area contributed by atoms with Gasteiger partial charge in [-0.15, -0.1) is 0 Å². The fourth-order valence-corrected chi connectivity index (χ4v) is 4.22. The minimum absolute atomic E-state index is 0.100. The molecule has 0 radical (unpaired) electrons. The van der Waals surface area contributed by atoms with Crippen LogP contribution in [-0.4, -0.2) is 35.9 Å². The average molecular weight is 530 g/mol. The summed E-state index contributed by atoms with van der Waals surface area (Å²) >= 11 is 0. The van der Waals surface area contributed by atoms with Crippen LogP contribution in [0.5, 0.6) is 0 Å². The van der Waals surface area contributed by atoms with Gasteiger partial charge < -0.3 is 21.1 Å². The predicted octanol–water partition coefficient (Wildman–Crippen LogP) is 3.95. The van der Waals surface area contributed by atoms with Crippen LogP contribution in [0.1, 0.15) is 43.4 Å². The number of rotatable bonds is 14. The number of nitrogens with two attached hydrogens (primary N) is 1. The van der Waals surface area contributed by atoms with E-state index in [0.29, 0.717) is 19.3 Å². The number of carbonyl (C=O) groups is 3. The van der Waals surface area contributed by atoms with E-state index in [9.17, 15) is 14.4 Å². The second-order valence-electron chi connectivity index (χ2n) is 10.2. The van der Waals surface area contributed by atoms with Gasteiger partial charge in [-0.1, -0.05) is 105 Å². The third-order valence-corrected chi connectivity index (χ3v) is 6.37. The summed E-state index contributed by atoms with van der Waals surface area (Å²) in [5.74, 6) is -1.24. The molecule has 7 heteroatoms. The highest BCUT2D eigenvalue weighted by Crippen LogP contribution is 2.11. The monoisotopic (exact) mass is 529 g/mol. The van der Waals surface area contributed by atoms with E-state index in [2.05, 4.69) is 10.6 Å². The molecule has 4 N–H and O–H groups in total. The summed E-state index contributed by atoms with van der Waals surface area (Å²) in [6.45, 7) is 4.04. The Morgan fingerprint density at radius 1 is 0.718 bits per heavy atom. The van der Waals surface area contributed by atoms with Gasteiger partial charge in [0.2, 0.25) is 11.8 Å². The maximum atomic E-state index is 13.4. The minimum Gasteiger partial charge on any atom is -0.459 e. The zero-order valence-electron chi connectivity index (χ0n) is 22.7. The second-order valence-corrected chi connectivity index (χ2v) is 10.2. The molecule has 7 nitrogen and oxygen atoms in total. The van der Waals surface area contributed by atoms with Crippen LogP contribution in [0.25, 0.3) is 0 Å². The smallest absolute Gasteiger partial charge is 0.329 e. The number of hydrogen-bond acceptors (Lipinski definition) is 5. The van der Waals surface area contributed by atoms with E-state index in [1.807, 2.05) is 105 Å². The van der Waals surface area contributed by atoms with Gasteiger partial charge in [0.05, 0.1) is 6.04 Å². The fourth-order valence-electron chi connectivity index (χ4n) is 4.22. The Morgan fingerprint density at radius 2 is 1.23 bits per heavy atom. The molecule has 206 valence electrons. The highest BCUT2D eigenvalue weighted by molar-refractivity contribution is 5.92. The maximum absolute atomic E-state index is 13.4. The van der Waals surface area contributed by atoms with E-state index in [1.54, 1.807) is 0 Å². The molecule has 1 unspecified atom stereocenters. The summed E-state index contributed by atoms with van der Waals surface area (Å²) in [5.41, 5.74) is 9.00. The number of nitrogens with one attached hydrogen (secondary N) is 2. The van der Waals surface area contributed by atoms with Crippen molar-refractivity contribution in [2.45, 2.75) is 64.3 Å². The minimum atomic E-state index is -0.915. The highest BCUT2D eigenvalue weighted by Gasteiger charge is 2.29. The Hall–Kier alpha value is -3.97. The van der Waals surface area contributed by atoms with Crippen molar-refractivity contribution in [3.05, 3.63) is 108 Å². The van der Waals surface area contributed by atoms with Crippen molar-refractivity contribution in [2.24, 2.45) is 11.7 Å². The topological polar surface area (TPSA) is 111 Å². The molecule has 3 aromatic carbocycles. The SMILES string of the molecule is CC(C)C[C@H](NC(=O)C(N)CCc1ccccc1)C(=O)N[C@@H](Cc1ccccc1)C(=O)OCc1ccccc1. The quantitative estimate of drug-likeness (QED) is 0.274. The molecule has 0 aliphatic rings. The van der Waals surface area contributed by atoms with E-state index in [1.165, 1.54) is 0 Å². The predicted molar refractivity (Wildman–Crippen MR) is 152 cm³/mol. The van der Waals surface area contributed by atoms with Gasteiger partial charge in [0.15, 0.2) is 0 Å². The first-order valence-electron chi connectivity index (χ1n) is 13.5. The molecular weight excluding hydrogens is 490 g/mol. The Bertz CT molecular complexity index is 1170. The summed E-state index contributed by atoms with van der Waals surface area (Å²) in [4.78, 5) is 39.5. The summed E-state index contributed by atoms with van der Waals surface area (Å²) in [6, 6.07) is 26.1. The molecule has 0 spiro atoms. The van der Waals surface area contributed by atoms with Crippen LogP contribution in [-0.2, 0) is 38.6 Å². The normalized spacial score (nSPS) is 13.2. The zero-order chi connectivity index (χ0) is 28.0. The lowest BCUT2D eigenvalue weighted by Crippen LogP contribution is -2.55. The van der Waals surface area contributed by atoms with Gasteiger partial charge in [-0.2, -0.15) is 0 Å². The van der Waals surface area contributed by atoms with Crippen LogP contribution < -0.4 is 16.4 Å². The number of amides is 2. The van der Waals surface area contributed by atoms with Crippen LogP contribution in [0.15, 0.2) is 91.0 Å². The van der Waals surface area contributed by atoms with Crippen LogP contribution in [0.2, 0.25) is 0 Å². The lowest BCUT2D eigenvalue weighted by molar-refractivity contribution is -0.149. The first-order valence-corrected chi connectivity index (χ1v) is 13.5. The maximum Gasteiger partial charge on any atom is 0.329 e. The lowest BCUT2D eigenvalue weighted by atomic mass is 10.00. The zero-order valence-corrected chi connectivity index (χ0v) is 22.7. The van der Waals surface area contributed by atoms with Crippen LogP contribution in [0.4, 0.5) is 0 Å². The molecule has 3 rings (SSSR count). The average Bonchev–Trinajstić information content (AvgIpc) is 2.95. The summed E-state index contributed by atoms with van der Waals surface area (Å²) in [5, 5.41) is 5.66. The fraction of sp³-hybridized carbons (Fsp3) is 0.344. The number of hydrogen-bond donors (Lipinski definition) is 3. The van der Waals surface area contributed by atoms with Crippen molar-refractivity contribution < 1.29 is 19.1 Å². The van der Waals surface area contributed by atoms with E-state index in [4.69, 9.17) is 10.5 Å². The third-order valence-electron chi connectivity index (χ3n) is 6.37. The van der Waals surface area contributed by atoms with Crippen molar-refractivity contribution in [3.63, 3.8) is 0 Å². The van der Waals surface area contributed by atoms with Crippen LogP contribution >= 0.6 is 0 Å². The Labute approximate surface area is 231 Å². The van der Waals surface area contributed by atoms with Gasteiger partial charge in [0.1, 0.15) is 18.7 Å². The lowest BCUT2D eigenvalue weighted by Gasteiger charge is -2.25. The molecule has 0 aliphatic heterocycles. The molecule has 3 aromatic rings. The highest BCUT2D eigenvalue weighted by atomic mass is 16.5. The van der Waals surface area contributed by atoms with E-state index in [-0.39, 0.29) is 18.9 Å². The van der Waals surface area contributed by atoms with Crippen LogP contribution in [0.3, 0.4) is 0 Å². The number of esters is 1. The third kappa shape index (κ3) is 10.4. The number of ether oxygens (including phenoxy) is 1. The van der Waals surface area contributed by atoms with E-state index in [0.717, 1.165) is 16.7 Å². The summed E-state index contributed by atoms with van der Waals surface area (Å²) < 4.78 is 5.56. The van der Waals surface area contributed by atoms with Crippen molar-refractivity contribution in [2.75, 3.05) is 0 Å². The van der Waals surface area contributed by atoms with Gasteiger partial charge in [0.25, 0.3) is 0 Å². The summed E-state index contributed by atoms with van der Waals surface area (Å²) in [7, 11) is 0. The second kappa shape index (κ2) is 15.4. The van der Waals surface area contributed by atoms with Crippen molar-refractivity contribution in [1.82, 2.24) is 10.6 Å². The standard InChI is InChI=1S/C32H39N3O4/c1-23(2)20-28(34-30(36)27(33)19-18-24-12-6-3-7-13-24)31(37)35-29(21-25-14-8-4-9-15-25)32(38)39-22-26-16-10-5-11-17-26/h3-17,23,27-29H,18-22,33H2,1-2H3,(H,34,36)(H,35,37)/t27?,28-,29-/m0/s1. The summed E-state index contributed by atoms with van der Waals surface area (Å²) in [6.07, 6.45) is 1.77. The Kier molecular flexibility index (Phi) is 11.7. The van der Waals surface area contributed by atoms with E-state index < -0.39 is 35.9 Å². The molecule has 39 heavy (non-hydrogen) atoms. The van der Waals surface area contributed by atoms with Gasteiger partial charge in [-0.05, 0) is 41.9 Å². The van der Waals surface area contributed by atoms with Crippen molar-refractivity contribution in [1.29, 1.82) is 0 Å². The van der Waals surface area contributed by atoms with Gasteiger partial charge in [-0.3, -0.25) is 9.59 Å². The molecule has 0 heterocycles. The molecule has 3 atom stereocenters. The van der Waals surface area contributed by atoms with Crippen LogP contribution in [0, 0.1) is 5.92 Å². The van der Waals surface area contributed by atoms with Gasteiger partial charge in [-0.25, -0.2) is 4.79 Å². The number of carbonyl (C=O) groups excluding carboxylic acids is 3. The van der Waals surface area contributed by atoms with Crippen molar-refractivity contribution in [3.8, 4) is 0 Å². The van der Waals surface area contributed by atoms with Crippen molar-refractivity contribution >= 4 is 17.8 Å². The number of aryl methyl sites for hydroxylation is 1. The molecule has 0 fully saturated rings. The largest absolute Gasteiger partial charge is 0.459 e. The first kappa shape index (κ1) is 29.6. The molecule has 0 aliphatic carbocycles. The van der Waals surface area contributed by atoms with E-state index >= 15 is 0 Å². The molecule has 0 aromatic heterocycles. The molecule has 0 saturated carbocycles. The molecule has 0 bridgehead atoms. The molecule has 0 saturated heterocycles. The molecular formula is C32H39N3O4. The molecule has 2 amide bonds. The Morgan fingerprint density at radius 3 is 1.79 bits per heavy atom. The van der Waals surface area contributed by atoms with Gasteiger partial charge in [0, 0.05) is 6.42 Å². The Balaban J connectivity index is 1.66. The first-order chi connectivity index (χ1) is 18.8. The van der Waals surface area contributed by atoms with Gasteiger partial charge >= 0.3 is 5.97 Å².